The number of aromatic nitrogens is 1. The summed E-state index contributed by atoms with van der Waals surface area (Å²) in [6.45, 7) is 4.15. The van der Waals surface area contributed by atoms with Gasteiger partial charge < -0.3 is 4.57 Å². The van der Waals surface area contributed by atoms with Gasteiger partial charge in [-0.1, -0.05) is 29.3 Å². The molecule has 0 saturated carbocycles. The van der Waals surface area contributed by atoms with Crippen molar-refractivity contribution in [2.75, 3.05) is 0 Å². The van der Waals surface area contributed by atoms with E-state index in [1.165, 1.54) is 16.6 Å². The quantitative estimate of drug-likeness (QED) is 0.568. The zero-order chi connectivity index (χ0) is 14.1. The van der Waals surface area contributed by atoms with Gasteiger partial charge in [-0.3, -0.25) is 0 Å². The van der Waals surface area contributed by atoms with E-state index in [4.69, 9.17) is 0 Å². The number of nitrogens with zero attached hydrogens (tertiary/aromatic N) is 3. The maximum atomic E-state index is 4.40. The van der Waals surface area contributed by atoms with Crippen molar-refractivity contribution < 1.29 is 0 Å². The van der Waals surface area contributed by atoms with Crippen molar-refractivity contribution in [3.05, 3.63) is 59.8 Å². The normalized spacial score (nSPS) is 11.6. The van der Waals surface area contributed by atoms with E-state index < -0.39 is 0 Å². The molecule has 0 amide bonds. The van der Waals surface area contributed by atoms with E-state index in [0.29, 0.717) is 0 Å². The molecule has 0 radical (unpaired) electrons. The van der Waals surface area contributed by atoms with Gasteiger partial charge in [-0.15, -0.1) is 5.11 Å². The molecule has 1 heterocycles. The fourth-order valence-electron chi connectivity index (χ4n) is 2.29. The summed E-state index contributed by atoms with van der Waals surface area (Å²) in [5, 5.41) is 9.86. The Morgan fingerprint density at radius 1 is 0.850 bits per heavy atom. The average Bonchev–Trinajstić information content (AvgIpc) is 2.74. The summed E-state index contributed by atoms with van der Waals surface area (Å²) < 4.78 is 2.08. The van der Waals surface area contributed by atoms with Crippen LogP contribution in [0, 0.1) is 13.8 Å². The standard InChI is InChI=1S/C17H17N3/c1-12-4-7-14(8-5-12)18-19-16-11-20(3)17-9-6-13(2)10-15(16)17/h4-11H,1-3H3/b19-18+. The summed E-state index contributed by atoms with van der Waals surface area (Å²) in [4.78, 5) is 0. The third kappa shape index (κ3) is 2.35. The maximum Gasteiger partial charge on any atom is 0.111 e. The van der Waals surface area contributed by atoms with Crippen LogP contribution < -0.4 is 0 Å². The predicted octanol–water partition coefficient (Wildman–Crippen LogP) is 5.21. The van der Waals surface area contributed by atoms with Crippen LogP contribution >= 0.6 is 0 Å². The van der Waals surface area contributed by atoms with Crippen molar-refractivity contribution in [3.63, 3.8) is 0 Å². The molecule has 0 N–H and O–H groups in total. The predicted molar refractivity (Wildman–Crippen MR) is 83.0 cm³/mol. The SMILES string of the molecule is Cc1ccc(/N=N/c2cn(C)c3ccc(C)cc23)cc1. The minimum atomic E-state index is 0.875. The molecule has 0 spiro atoms. The summed E-state index contributed by atoms with van der Waals surface area (Å²) in [5.74, 6) is 0. The molecular weight excluding hydrogens is 246 g/mol. The van der Waals surface area contributed by atoms with Gasteiger partial charge in [0, 0.05) is 18.6 Å². The van der Waals surface area contributed by atoms with E-state index in [1.54, 1.807) is 0 Å². The van der Waals surface area contributed by atoms with Crippen molar-refractivity contribution in [3.8, 4) is 0 Å². The third-order valence-electron chi connectivity index (χ3n) is 3.43. The fraction of sp³-hybridized carbons (Fsp3) is 0.176. The van der Waals surface area contributed by atoms with Crippen LogP contribution in [0.3, 0.4) is 0 Å². The first-order valence-electron chi connectivity index (χ1n) is 6.67. The summed E-state index contributed by atoms with van der Waals surface area (Å²) in [7, 11) is 2.03. The molecule has 3 aromatic rings. The molecule has 0 aliphatic rings. The van der Waals surface area contributed by atoms with Gasteiger partial charge in [0.2, 0.25) is 0 Å². The van der Waals surface area contributed by atoms with Gasteiger partial charge in [0.25, 0.3) is 0 Å². The molecule has 20 heavy (non-hydrogen) atoms. The highest BCUT2D eigenvalue weighted by Gasteiger charge is 2.05. The van der Waals surface area contributed by atoms with Gasteiger partial charge in [0.05, 0.1) is 11.2 Å². The molecule has 0 saturated heterocycles. The minimum Gasteiger partial charge on any atom is -0.348 e. The van der Waals surface area contributed by atoms with Gasteiger partial charge in [-0.2, -0.15) is 5.11 Å². The van der Waals surface area contributed by atoms with E-state index in [2.05, 4.69) is 46.8 Å². The van der Waals surface area contributed by atoms with Crippen LogP contribution in [0.2, 0.25) is 0 Å². The zero-order valence-corrected chi connectivity index (χ0v) is 12.0. The Morgan fingerprint density at radius 3 is 2.30 bits per heavy atom. The molecule has 0 atom stereocenters. The number of hydrogen-bond acceptors (Lipinski definition) is 2. The topological polar surface area (TPSA) is 29.6 Å². The molecule has 3 heteroatoms. The van der Waals surface area contributed by atoms with E-state index in [9.17, 15) is 0 Å². The summed E-state index contributed by atoms with van der Waals surface area (Å²) in [6.07, 6.45) is 2.02. The van der Waals surface area contributed by atoms with Gasteiger partial charge in [0.15, 0.2) is 0 Å². The van der Waals surface area contributed by atoms with Crippen LogP contribution in [0.4, 0.5) is 11.4 Å². The lowest BCUT2D eigenvalue weighted by atomic mass is 10.2. The first-order valence-corrected chi connectivity index (χ1v) is 6.67. The summed E-state index contributed by atoms with van der Waals surface area (Å²) in [6, 6.07) is 14.4. The Labute approximate surface area is 118 Å². The van der Waals surface area contributed by atoms with Crippen molar-refractivity contribution in [2.24, 2.45) is 17.3 Å². The third-order valence-corrected chi connectivity index (χ3v) is 3.43. The number of rotatable bonds is 2. The number of fused-ring (bicyclic) bond motifs is 1. The lowest BCUT2D eigenvalue weighted by Crippen LogP contribution is -1.82. The Balaban J connectivity index is 2.02. The molecule has 0 fully saturated rings. The van der Waals surface area contributed by atoms with E-state index >= 15 is 0 Å². The molecule has 0 bridgehead atoms. The highest BCUT2D eigenvalue weighted by molar-refractivity contribution is 5.91. The van der Waals surface area contributed by atoms with Crippen LogP contribution in [0.5, 0.6) is 0 Å². The molecule has 3 nitrogen and oxygen atoms in total. The lowest BCUT2D eigenvalue weighted by molar-refractivity contribution is 0.966. The molecule has 2 aromatic carbocycles. The molecular formula is C17H17N3. The Bertz CT molecular complexity index is 780. The maximum absolute atomic E-state index is 4.40. The van der Waals surface area contributed by atoms with Gasteiger partial charge in [0.1, 0.15) is 5.69 Å². The first-order chi connectivity index (χ1) is 9.63. The molecule has 3 rings (SSSR count). The molecule has 1 aromatic heterocycles. The number of aryl methyl sites for hydroxylation is 3. The smallest absolute Gasteiger partial charge is 0.111 e. The summed E-state index contributed by atoms with van der Waals surface area (Å²) in [5.41, 5.74) is 5.42. The summed E-state index contributed by atoms with van der Waals surface area (Å²) >= 11 is 0. The van der Waals surface area contributed by atoms with Gasteiger partial charge in [-0.05, 0) is 38.1 Å². The van der Waals surface area contributed by atoms with Crippen molar-refractivity contribution in [1.29, 1.82) is 0 Å². The highest BCUT2D eigenvalue weighted by atomic mass is 15.1. The van der Waals surface area contributed by atoms with Gasteiger partial charge >= 0.3 is 0 Å². The Hall–Kier alpha value is -2.42. The van der Waals surface area contributed by atoms with E-state index in [-0.39, 0.29) is 0 Å². The molecule has 0 unspecified atom stereocenters. The molecule has 0 aliphatic heterocycles. The highest BCUT2D eigenvalue weighted by Crippen LogP contribution is 2.30. The van der Waals surface area contributed by atoms with Crippen molar-refractivity contribution in [1.82, 2.24) is 4.57 Å². The van der Waals surface area contributed by atoms with Crippen LogP contribution in [0.25, 0.3) is 10.9 Å². The minimum absolute atomic E-state index is 0.875. The van der Waals surface area contributed by atoms with Crippen molar-refractivity contribution in [2.45, 2.75) is 13.8 Å². The van der Waals surface area contributed by atoms with E-state index in [1.807, 2.05) is 37.5 Å². The number of hydrogen-bond donors (Lipinski definition) is 0. The second-order valence-electron chi connectivity index (χ2n) is 5.18. The second-order valence-corrected chi connectivity index (χ2v) is 5.18. The van der Waals surface area contributed by atoms with Crippen LogP contribution in [0.15, 0.2) is 58.9 Å². The van der Waals surface area contributed by atoms with E-state index in [0.717, 1.165) is 16.8 Å². The van der Waals surface area contributed by atoms with Crippen LogP contribution in [-0.2, 0) is 7.05 Å². The number of azo groups is 1. The Morgan fingerprint density at radius 2 is 1.55 bits per heavy atom. The lowest BCUT2D eigenvalue weighted by Gasteiger charge is -1.96. The Kier molecular flexibility index (Phi) is 3.11. The fourth-order valence-corrected chi connectivity index (χ4v) is 2.29. The van der Waals surface area contributed by atoms with Gasteiger partial charge in [-0.25, -0.2) is 0 Å². The molecule has 100 valence electrons. The monoisotopic (exact) mass is 263 g/mol. The number of benzene rings is 2. The van der Waals surface area contributed by atoms with Crippen LogP contribution in [0.1, 0.15) is 11.1 Å². The first kappa shape index (κ1) is 12.6. The van der Waals surface area contributed by atoms with Crippen molar-refractivity contribution >= 4 is 22.3 Å². The molecule has 0 aliphatic carbocycles. The largest absolute Gasteiger partial charge is 0.348 e. The second kappa shape index (κ2) is 4.93. The van der Waals surface area contributed by atoms with Crippen LogP contribution in [-0.4, -0.2) is 4.57 Å². The zero-order valence-electron chi connectivity index (χ0n) is 12.0. The average molecular weight is 263 g/mol.